The Hall–Kier alpha value is -2.85. The van der Waals surface area contributed by atoms with E-state index in [1.807, 2.05) is 26.0 Å². The molecular weight excluding hydrogens is 474 g/mol. The minimum atomic E-state index is -4.07. The van der Waals surface area contributed by atoms with Crippen LogP contribution in [-0.2, 0) is 19.6 Å². The third-order valence-electron chi connectivity index (χ3n) is 6.07. The van der Waals surface area contributed by atoms with Gasteiger partial charge < -0.3 is 4.74 Å². The molecule has 180 valence electrons. The zero-order valence-corrected chi connectivity index (χ0v) is 21.3. The van der Waals surface area contributed by atoms with Crippen molar-refractivity contribution in [2.45, 2.75) is 50.2 Å². The van der Waals surface area contributed by atoms with Gasteiger partial charge in [0.2, 0.25) is 0 Å². The van der Waals surface area contributed by atoms with Gasteiger partial charge in [-0.25, -0.2) is 27.4 Å². The highest BCUT2D eigenvalue weighted by atomic mass is 32.2. The number of amidine groups is 1. The van der Waals surface area contributed by atoms with Gasteiger partial charge in [0, 0.05) is 0 Å². The van der Waals surface area contributed by atoms with Crippen molar-refractivity contribution in [2.24, 2.45) is 4.99 Å². The van der Waals surface area contributed by atoms with Crippen molar-refractivity contribution >= 4 is 39.0 Å². The second-order valence-electron chi connectivity index (χ2n) is 9.02. The summed E-state index contributed by atoms with van der Waals surface area (Å²) in [6.07, 6.45) is 0.964. The number of ether oxygens (including phenoxy) is 1. The van der Waals surface area contributed by atoms with Gasteiger partial charge >= 0.3 is 6.09 Å². The van der Waals surface area contributed by atoms with Gasteiger partial charge in [-0.2, -0.15) is 0 Å². The Morgan fingerprint density at radius 1 is 1.12 bits per heavy atom. The van der Waals surface area contributed by atoms with Gasteiger partial charge in [0.05, 0.1) is 10.4 Å². The number of benzene rings is 2. The van der Waals surface area contributed by atoms with E-state index in [1.165, 1.54) is 4.31 Å². The highest BCUT2D eigenvalue weighted by Gasteiger charge is 2.53. The van der Waals surface area contributed by atoms with Crippen molar-refractivity contribution in [1.29, 1.82) is 0 Å². The Morgan fingerprint density at radius 2 is 1.76 bits per heavy atom. The molecule has 2 aliphatic rings. The standard InChI is InChI=1S/C24H27N3O5S2/c1-15-10-12-17(13-11-15)34(30,31)27-20(18-9-7-6-8-16(18)2)19(25-22(27)33-5)21(28)26-23(29)32-14-24(26,3)4/h6-13,19-20H,14H2,1-5H3/t19-,20+/m0/s1. The maximum Gasteiger partial charge on any atom is 0.417 e. The lowest BCUT2D eigenvalue weighted by molar-refractivity contribution is -0.132. The second kappa shape index (κ2) is 8.74. The van der Waals surface area contributed by atoms with E-state index < -0.39 is 39.6 Å². The molecule has 0 aromatic heterocycles. The van der Waals surface area contributed by atoms with E-state index in [0.29, 0.717) is 5.56 Å². The summed E-state index contributed by atoms with van der Waals surface area (Å²) in [6.45, 7) is 7.26. The van der Waals surface area contributed by atoms with Gasteiger partial charge in [-0.05, 0) is 57.2 Å². The van der Waals surface area contributed by atoms with Crippen LogP contribution in [0.2, 0.25) is 0 Å². The Labute approximate surface area is 204 Å². The van der Waals surface area contributed by atoms with Gasteiger partial charge in [0.25, 0.3) is 15.9 Å². The molecule has 0 bridgehead atoms. The van der Waals surface area contributed by atoms with Crippen molar-refractivity contribution in [3.8, 4) is 0 Å². The zero-order chi connectivity index (χ0) is 24.8. The number of carbonyl (C=O) groups excluding carboxylic acids is 2. The fourth-order valence-corrected chi connectivity index (χ4v) is 6.77. The number of imide groups is 1. The summed E-state index contributed by atoms with van der Waals surface area (Å²) < 4.78 is 34.2. The molecule has 2 heterocycles. The van der Waals surface area contributed by atoms with Crippen LogP contribution in [0.3, 0.4) is 0 Å². The number of aryl methyl sites for hydroxylation is 2. The Kier molecular flexibility index (Phi) is 6.24. The summed E-state index contributed by atoms with van der Waals surface area (Å²) >= 11 is 1.14. The molecule has 0 unspecified atom stereocenters. The number of hydrogen-bond acceptors (Lipinski definition) is 7. The van der Waals surface area contributed by atoms with E-state index in [1.54, 1.807) is 56.5 Å². The van der Waals surface area contributed by atoms with Gasteiger partial charge in [-0.15, -0.1) is 0 Å². The summed E-state index contributed by atoms with van der Waals surface area (Å²) in [4.78, 5) is 32.0. The molecule has 4 rings (SSSR count). The van der Waals surface area contributed by atoms with Crippen LogP contribution in [0.4, 0.5) is 4.79 Å². The Balaban J connectivity index is 1.88. The molecule has 0 spiro atoms. The summed E-state index contributed by atoms with van der Waals surface area (Å²) in [5.74, 6) is -0.589. The van der Waals surface area contributed by atoms with Crippen molar-refractivity contribution < 1.29 is 22.7 Å². The van der Waals surface area contributed by atoms with Crippen LogP contribution in [-0.4, -0.2) is 59.2 Å². The van der Waals surface area contributed by atoms with Gasteiger partial charge in [-0.3, -0.25) is 4.79 Å². The molecule has 2 aromatic rings. The lowest BCUT2D eigenvalue weighted by Crippen LogP contribution is -2.51. The van der Waals surface area contributed by atoms with Gasteiger partial charge in [-0.1, -0.05) is 53.7 Å². The number of nitrogens with zero attached hydrogens (tertiary/aromatic N) is 3. The highest BCUT2D eigenvalue weighted by molar-refractivity contribution is 8.14. The van der Waals surface area contributed by atoms with Crippen molar-refractivity contribution in [2.75, 3.05) is 12.9 Å². The molecule has 0 N–H and O–H groups in total. The summed E-state index contributed by atoms with van der Waals surface area (Å²) in [5.41, 5.74) is 1.52. The molecule has 2 aromatic carbocycles. The molecule has 0 aliphatic carbocycles. The molecule has 1 fully saturated rings. The van der Waals surface area contributed by atoms with Gasteiger partial charge in [0.1, 0.15) is 12.6 Å². The number of cyclic esters (lactones) is 1. The first kappa shape index (κ1) is 24.3. The SMILES string of the molecule is CSC1=N[C@H](C(=O)N2C(=O)OCC2(C)C)[C@@H](c2ccccc2C)N1S(=O)(=O)c1ccc(C)cc1. The maximum absolute atomic E-state index is 13.9. The average molecular weight is 502 g/mol. The second-order valence-corrected chi connectivity index (χ2v) is 11.6. The minimum absolute atomic E-state index is 0.0593. The highest BCUT2D eigenvalue weighted by Crippen LogP contribution is 2.42. The smallest absolute Gasteiger partial charge is 0.417 e. The van der Waals surface area contributed by atoms with Crippen LogP contribution in [0.15, 0.2) is 58.4 Å². The van der Waals surface area contributed by atoms with E-state index in [4.69, 9.17) is 4.74 Å². The van der Waals surface area contributed by atoms with E-state index in [2.05, 4.69) is 4.99 Å². The predicted molar refractivity (Wildman–Crippen MR) is 131 cm³/mol. The van der Waals surface area contributed by atoms with E-state index in [9.17, 15) is 18.0 Å². The molecule has 0 radical (unpaired) electrons. The predicted octanol–water partition coefficient (Wildman–Crippen LogP) is 3.89. The molecule has 2 atom stereocenters. The summed E-state index contributed by atoms with van der Waals surface area (Å²) in [7, 11) is -4.07. The number of amides is 2. The lowest BCUT2D eigenvalue weighted by atomic mass is 9.94. The maximum atomic E-state index is 13.9. The lowest BCUT2D eigenvalue weighted by Gasteiger charge is -2.33. The fraction of sp³-hybridized carbons (Fsp3) is 0.375. The number of rotatable bonds is 4. The number of sulfonamides is 1. The summed E-state index contributed by atoms with van der Waals surface area (Å²) in [6, 6.07) is 11.8. The molecule has 2 amide bonds. The largest absolute Gasteiger partial charge is 0.447 e. The van der Waals surface area contributed by atoms with Crippen molar-refractivity contribution in [3.05, 3.63) is 65.2 Å². The topological polar surface area (TPSA) is 96.3 Å². The van der Waals surface area contributed by atoms with E-state index in [-0.39, 0.29) is 16.7 Å². The normalized spacial score (nSPS) is 22.0. The van der Waals surface area contributed by atoms with Gasteiger partial charge in [0.15, 0.2) is 11.2 Å². The fourth-order valence-electron chi connectivity index (χ4n) is 4.25. The van der Waals surface area contributed by atoms with Crippen LogP contribution >= 0.6 is 11.8 Å². The van der Waals surface area contributed by atoms with Crippen LogP contribution in [0.5, 0.6) is 0 Å². The monoisotopic (exact) mass is 501 g/mol. The Morgan fingerprint density at radius 3 is 2.32 bits per heavy atom. The minimum Gasteiger partial charge on any atom is -0.447 e. The molecule has 8 nitrogen and oxygen atoms in total. The zero-order valence-electron chi connectivity index (χ0n) is 19.7. The summed E-state index contributed by atoms with van der Waals surface area (Å²) in [5, 5.41) is 0.192. The molecule has 10 heteroatoms. The van der Waals surface area contributed by atoms with E-state index >= 15 is 0 Å². The molecule has 2 aliphatic heterocycles. The number of hydrogen-bond donors (Lipinski definition) is 0. The van der Waals surface area contributed by atoms with Crippen LogP contribution in [0.25, 0.3) is 0 Å². The van der Waals surface area contributed by atoms with Crippen LogP contribution in [0, 0.1) is 13.8 Å². The van der Waals surface area contributed by atoms with Crippen molar-refractivity contribution in [3.63, 3.8) is 0 Å². The number of carbonyl (C=O) groups is 2. The molecule has 34 heavy (non-hydrogen) atoms. The quantitative estimate of drug-likeness (QED) is 0.631. The van der Waals surface area contributed by atoms with E-state index in [0.717, 1.165) is 27.8 Å². The number of aliphatic imine (C=N–C) groups is 1. The first-order chi connectivity index (χ1) is 16.0. The van der Waals surface area contributed by atoms with Crippen LogP contribution in [0.1, 0.15) is 36.6 Å². The molecule has 0 saturated carbocycles. The molecule has 1 saturated heterocycles. The average Bonchev–Trinajstić information content (AvgIpc) is 3.31. The first-order valence-electron chi connectivity index (χ1n) is 10.8. The number of thioether (sulfide) groups is 1. The third-order valence-corrected chi connectivity index (χ3v) is 8.64. The first-order valence-corrected chi connectivity index (χ1v) is 13.4. The molecular formula is C24H27N3O5S2. The third kappa shape index (κ3) is 3.98. The van der Waals surface area contributed by atoms with Crippen LogP contribution < -0.4 is 0 Å². The Bertz CT molecular complexity index is 1270. The van der Waals surface area contributed by atoms with Crippen molar-refractivity contribution in [1.82, 2.24) is 9.21 Å².